The summed E-state index contributed by atoms with van der Waals surface area (Å²) in [5.74, 6) is -1.17. The molecule has 1 atom stereocenters. The zero-order chi connectivity index (χ0) is 35.3. The number of unbranched alkanes of at least 4 members (excludes halogenated alkanes) is 2. The van der Waals surface area contributed by atoms with Crippen LogP contribution in [-0.4, -0.2) is 56.3 Å². The highest BCUT2D eigenvalue weighted by Gasteiger charge is 2.50. The van der Waals surface area contributed by atoms with Crippen molar-refractivity contribution in [2.45, 2.75) is 105 Å². The van der Waals surface area contributed by atoms with E-state index in [0.717, 1.165) is 47.8 Å². The number of cyclic esters (lactones) is 1. The van der Waals surface area contributed by atoms with E-state index in [1.165, 1.54) is 0 Å². The van der Waals surface area contributed by atoms with Gasteiger partial charge >= 0.3 is 11.9 Å². The predicted octanol–water partition coefficient (Wildman–Crippen LogP) is 5.84. The number of aromatic nitrogens is 5. The lowest BCUT2D eigenvalue weighted by atomic mass is 9.84. The molecule has 0 saturated carbocycles. The van der Waals surface area contributed by atoms with Gasteiger partial charge in [0.15, 0.2) is 0 Å². The Labute approximate surface area is 292 Å². The maximum Gasteiger partial charge on any atom is 0.355 e. The lowest BCUT2D eigenvalue weighted by Gasteiger charge is -2.35. The molecule has 2 aliphatic heterocycles. The summed E-state index contributed by atoms with van der Waals surface area (Å²) in [5, 5.41) is 9.47. The number of nitrogens with zero attached hydrogens (tertiary/aromatic N) is 5. The van der Waals surface area contributed by atoms with E-state index < -0.39 is 17.5 Å². The lowest BCUT2D eigenvalue weighted by Crippen LogP contribution is -2.47. The highest BCUT2D eigenvalue weighted by molar-refractivity contribution is 5.88. The molecule has 0 N–H and O–H groups in total. The van der Waals surface area contributed by atoms with Crippen molar-refractivity contribution in [2.75, 3.05) is 19.8 Å². The van der Waals surface area contributed by atoms with Gasteiger partial charge in [-0.3, -0.25) is 14.3 Å². The number of ether oxygens (including phenoxy) is 4. The molecule has 5 heterocycles. The summed E-state index contributed by atoms with van der Waals surface area (Å²) in [4.78, 5) is 45.2. The van der Waals surface area contributed by atoms with Crippen LogP contribution < -0.4 is 5.56 Å². The Bertz CT molecular complexity index is 1910. The average Bonchev–Trinajstić information content (AvgIpc) is 3.74. The van der Waals surface area contributed by atoms with Gasteiger partial charge in [0.1, 0.15) is 12.3 Å². The van der Waals surface area contributed by atoms with Gasteiger partial charge in [-0.15, -0.1) is 5.10 Å². The Kier molecular flexibility index (Phi) is 10.8. The number of carbonyl (C=O) groups is 2. The second-order valence-corrected chi connectivity index (χ2v) is 13.4. The van der Waals surface area contributed by atoms with E-state index >= 15 is 0 Å². The number of carbonyl (C=O) groups excluding carboxylic acids is 2. The summed E-state index contributed by atoms with van der Waals surface area (Å²) in [6.45, 7) is 11.3. The number of benzene rings is 1. The number of hydrogen-bond donors (Lipinski definition) is 0. The minimum atomic E-state index is -1.70. The van der Waals surface area contributed by atoms with E-state index in [1.54, 1.807) is 22.2 Å². The second-order valence-electron chi connectivity index (χ2n) is 13.4. The summed E-state index contributed by atoms with van der Waals surface area (Å²) in [6.07, 6.45) is 6.21. The first kappa shape index (κ1) is 35.4. The first-order chi connectivity index (χ1) is 24.3. The van der Waals surface area contributed by atoms with Gasteiger partial charge in [-0.2, -0.15) is 0 Å². The number of fused-ring (bicyclic) bond motifs is 5. The third kappa shape index (κ3) is 6.96. The van der Waals surface area contributed by atoms with Gasteiger partial charge in [0.25, 0.3) is 5.56 Å². The average molecular weight is 686 g/mol. The molecule has 0 amide bonds. The Balaban J connectivity index is 1.05. The first-order valence-electron chi connectivity index (χ1n) is 17.9. The molecule has 12 heteroatoms. The molecule has 0 bridgehead atoms. The molecule has 50 heavy (non-hydrogen) atoms. The smallest absolute Gasteiger partial charge is 0.355 e. The summed E-state index contributed by atoms with van der Waals surface area (Å²) in [6, 6.07) is 11.6. The number of rotatable bonds is 17. The maximum absolute atomic E-state index is 13.8. The molecule has 0 aliphatic carbocycles. The Morgan fingerprint density at radius 3 is 2.60 bits per heavy atom. The summed E-state index contributed by atoms with van der Waals surface area (Å²) in [7, 11) is 0. The van der Waals surface area contributed by atoms with Crippen LogP contribution in [0.25, 0.3) is 22.3 Å². The SMILES string of the molecule is CCOCC(CC)(CC)COCc1cn(CCCCCC(=O)O[C@]2(CC)C(=O)OCc3c2cc2n(c3=O)Cc3cc4ccccc4nc3-2)nn1. The van der Waals surface area contributed by atoms with Crippen molar-refractivity contribution in [3.8, 4) is 11.4 Å². The minimum absolute atomic E-state index is 0.00209. The van der Waals surface area contributed by atoms with Gasteiger partial charge in [0, 0.05) is 41.5 Å². The second kappa shape index (κ2) is 15.2. The van der Waals surface area contributed by atoms with Crippen LogP contribution in [0.5, 0.6) is 0 Å². The van der Waals surface area contributed by atoms with Crippen molar-refractivity contribution in [1.82, 2.24) is 24.5 Å². The first-order valence-corrected chi connectivity index (χ1v) is 17.9. The highest BCUT2D eigenvalue weighted by atomic mass is 16.6. The molecule has 0 fully saturated rings. The summed E-state index contributed by atoms with van der Waals surface area (Å²) >= 11 is 0. The van der Waals surface area contributed by atoms with Crippen LogP contribution in [0.2, 0.25) is 0 Å². The predicted molar refractivity (Wildman–Crippen MR) is 186 cm³/mol. The highest BCUT2D eigenvalue weighted by Crippen LogP contribution is 2.41. The van der Waals surface area contributed by atoms with Gasteiger partial charge in [-0.1, -0.05) is 50.6 Å². The van der Waals surface area contributed by atoms with E-state index in [9.17, 15) is 14.4 Å². The molecule has 3 aromatic heterocycles. The molecular formula is C38H47N5O7. The molecule has 12 nitrogen and oxygen atoms in total. The quantitative estimate of drug-likeness (QED) is 0.0867. The van der Waals surface area contributed by atoms with E-state index in [-0.39, 0.29) is 30.4 Å². The van der Waals surface area contributed by atoms with E-state index in [2.05, 4.69) is 24.2 Å². The van der Waals surface area contributed by atoms with Crippen molar-refractivity contribution >= 4 is 22.8 Å². The molecule has 6 rings (SSSR count). The summed E-state index contributed by atoms with van der Waals surface area (Å²) in [5.41, 5.74) is 2.57. The number of para-hydroxylation sites is 1. The third-order valence-electron chi connectivity index (χ3n) is 10.3. The monoisotopic (exact) mass is 685 g/mol. The largest absolute Gasteiger partial charge is 0.457 e. The molecule has 0 spiro atoms. The van der Waals surface area contributed by atoms with Crippen molar-refractivity contribution in [2.24, 2.45) is 5.41 Å². The molecule has 0 saturated heterocycles. The molecule has 1 aromatic carbocycles. The fourth-order valence-electron chi connectivity index (χ4n) is 6.95. The maximum atomic E-state index is 13.8. The van der Waals surface area contributed by atoms with E-state index in [4.69, 9.17) is 23.9 Å². The van der Waals surface area contributed by atoms with Crippen LogP contribution >= 0.6 is 0 Å². The molecular weight excluding hydrogens is 638 g/mol. The fraction of sp³-hybridized carbons (Fsp3) is 0.526. The molecule has 2 aliphatic rings. The van der Waals surface area contributed by atoms with Crippen LogP contribution in [0.1, 0.15) is 95.0 Å². The van der Waals surface area contributed by atoms with E-state index in [1.807, 2.05) is 43.5 Å². The van der Waals surface area contributed by atoms with Crippen LogP contribution in [0.4, 0.5) is 0 Å². The number of hydrogen-bond acceptors (Lipinski definition) is 10. The summed E-state index contributed by atoms with van der Waals surface area (Å²) < 4.78 is 26.6. The van der Waals surface area contributed by atoms with Gasteiger partial charge in [-0.05, 0) is 57.2 Å². The van der Waals surface area contributed by atoms with Crippen molar-refractivity contribution in [3.05, 3.63) is 75.3 Å². The van der Waals surface area contributed by atoms with Gasteiger partial charge < -0.3 is 23.5 Å². The van der Waals surface area contributed by atoms with Crippen LogP contribution in [0, 0.1) is 5.41 Å². The molecule has 266 valence electrons. The van der Waals surface area contributed by atoms with Crippen LogP contribution in [-0.2, 0) is 60.4 Å². The topological polar surface area (TPSA) is 137 Å². The van der Waals surface area contributed by atoms with Crippen molar-refractivity contribution < 1.29 is 28.5 Å². The van der Waals surface area contributed by atoms with Gasteiger partial charge in [-0.25, -0.2) is 9.78 Å². The minimum Gasteiger partial charge on any atom is -0.457 e. The molecule has 0 radical (unpaired) electrons. The fourth-order valence-corrected chi connectivity index (χ4v) is 6.95. The Hall–Kier alpha value is -4.42. The van der Waals surface area contributed by atoms with Crippen molar-refractivity contribution in [3.63, 3.8) is 0 Å². The number of pyridine rings is 2. The van der Waals surface area contributed by atoms with Gasteiger partial charge in [0.05, 0.1) is 55.0 Å². The van der Waals surface area contributed by atoms with Crippen molar-refractivity contribution in [1.29, 1.82) is 0 Å². The normalized spacial score (nSPS) is 16.6. The molecule has 4 aromatic rings. The Morgan fingerprint density at radius 1 is 1.02 bits per heavy atom. The molecule has 0 unspecified atom stereocenters. The van der Waals surface area contributed by atoms with Crippen LogP contribution in [0.15, 0.2) is 47.4 Å². The Morgan fingerprint density at radius 2 is 1.82 bits per heavy atom. The number of aryl methyl sites for hydroxylation is 1. The van der Waals surface area contributed by atoms with Crippen LogP contribution in [0.3, 0.4) is 0 Å². The standard InChI is InChI=1S/C38H47N5O7/c1-5-37(6-2,24-47-8-4)25-48-22-28-21-42(41-40-28)17-13-9-10-16-33(44)50-38(7-3)30-19-32-34-27(18-26-14-11-12-15-31(26)39-34)20-43(32)35(45)29(30)23-49-36(38)46/h11-12,14-15,18-19,21H,5-10,13,16-17,20,22-25H2,1-4H3/t38-/m0/s1. The lowest BCUT2D eigenvalue weighted by molar-refractivity contribution is -0.189. The van der Waals surface area contributed by atoms with E-state index in [0.29, 0.717) is 68.5 Å². The van der Waals surface area contributed by atoms with Gasteiger partial charge in [0.2, 0.25) is 5.60 Å². The zero-order valence-corrected chi connectivity index (χ0v) is 29.5. The number of esters is 2. The zero-order valence-electron chi connectivity index (χ0n) is 29.5. The third-order valence-corrected chi connectivity index (χ3v) is 10.3.